The Morgan fingerprint density at radius 2 is 1.94 bits per heavy atom. The minimum Gasteiger partial charge on any atom is -0.469 e. The minimum absolute atomic E-state index is 0.0961. The standard InChI is InChI=1S/C12H13Br2NO2/c1-17-12(16)11-6-15-5-10(11)7-2-8(13)4-9(14)3-7/h2-4,10-11,15H,5-6H2,1H3. The molecule has 2 unspecified atom stereocenters. The molecular formula is C12H13Br2NO2. The SMILES string of the molecule is COC(=O)C1CNCC1c1cc(Br)cc(Br)c1. The molecule has 17 heavy (non-hydrogen) atoms. The molecule has 0 bridgehead atoms. The number of ether oxygens (including phenoxy) is 1. The number of halogens is 2. The second kappa shape index (κ2) is 5.50. The molecule has 1 aliphatic rings. The van der Waals surface area contributed by atoms with Gasteiger partial charge in [-0.3, -0.25) is 4.79 Å². The zero-order valence-electron chi connectivity index (χ0n) is 9.37. The lowest BCUT2D eigenvalue weighted by molar-refractivity contribution is -0.145. The first kappa shape index (κ1) is 13.1. The molecule has 0 aliphatic carbocycles. The number of rotatable bonds is 2. The zero-order valence-corrected chi connectivity index (χ0v) is 12.5. The van der Waals surface area contributed by atoms with Crippen LogP contribution in [0.4, 0.5) is 0 Å². The van der Waals surface area contributed by atoms with Crippen molar-refractivity contribution >= 4 is 37.8 Å². The Labute approximate surface area is 117 Å². The van der Waals surface area contributed by atoms with Crippen molar-refractivity contribution in [2.45, 2.75) is 5.92 Å². The van der Waals surface area contributed by atoms with Crippen molar-refractivity contribution in [3.63, 3.8) is 0 Å². The summed E-state index contributed by atoms with van der Waals surface area (Å²) in [7, 11) is 1.44. The third-order valence-electron chi connectivity index (χ3n) is 3.03. The van der Waals surface area contributed by atoms with E-state index in [9.17, 15) is 4.79 Å². The summed E-state index contributed by atoms with van der Waals surface area (Å²) in [6.45, 7) is 1.49. The number of methoxy groups -OCH3 is 1. The van der Waals surface area contributed by atoms with Crippen LogP contribution in [0.2, 0.25) is 0 Å². The Bertz CT molecular complexity index is 416. The molecule has 2 atom stereocenters. The largest absolute Gasteiger partial charge is 0.469 e. The molecule has 0 amide bonds. The summed E-state index contributed by atoms with van der Waals surface area (Å²) in [4.78, 5) is 11.7. The van der Waals surface area contributed by atoms with Gasteiger partial charge in [0.2, 0.25) is 0 Å². The third-order valence-corrected chi connectivity index (χ3v) is 3.95. The lowest BCUT2D eigenvalue weighted by Crippen LogP contribution is -2.22. The van der Waals surface area contributed by atoms with Gasteiger partial charge in [0.25, 0.3) is 0 Å². The van der Waals surface area contributed by atoms with E-state index in [2.05, 4.69) is 49.3 Å². The quantitative estimate of drug-likeness (QED) is 0.822. The van der Waals surface area contributed by atoms with Gasteiger partial charge in [-0.25, -0.2) is 0 Å². The van der Waals surface area contributed by atoms with Gasteiger partial charge in [-0.2, -0.15) is 0 Å². The van der Waals surface area contributed by atoms with E-state index in [0.717, 1.165) is 21.1 Å². The van der Waals surface area contributed by atoms with Gasteiger partial charge >= 0.3 is 5.97 Å². The molecule has 1 fully saturated rings. The van der Waals surface area contributed by atoms with Crippen molar-refractivity contribution in [1.29, 1.82) is 0 Å². The Morgan fingerprint density at radius 3 is 2.53 bits per heavy atom. The van der Waals surface area contributed by atoms with E-state index < -0.39 is 0 Å². The lowest BCUT2D eigenvalue weighted by atomic mass is 9.89. The van der Waals surface area contributed by atoms with Gasteiger partial charge in [0, 0.05) is 28.0 Å². The highest BCUT2D eigenvalue weighted by Gasteiger charge is 2.34. The van der Waals surface area contributed by atoms with Crippen molar-refractivity contribution in [2.75, 3.05) is 20.2 Å². The van der Waals surface area contributed by atoms with Crippen LogP contribution in [0.15, 0.2) is 27.1 Å². The van der Waals surface area contributed by atoms with Gasteiger partial charge in [-0.1, -0.05) is 31.9 Å². The van der Waals surface area contributed by atoms with Gasteiger partial charge in [0.1, 0.15) is 0 Å². The van der Waals surface area contributed by atoms with Crippen LogP contribution in [0.3, 0.4) is 0 Å². The zero-order chi connectivity index (χ0) is 12.4. The van der Waals surface area contributed by atoms with Gasteiger partial charge in [-0.05, 0) is 23.8 Å². The van der Waals surface area contributed by atoms with Crippen LogP contribution >= 0.6 is 31.9 Å². The number of hydrogen-bond donors (Lipinski definition) is 1. The van der Waals surface area contributed by atoms with E-state index in [1.165, 1.54) is 7.11 Å². The van der Waals surface area contributed by atoms with E-state index in [-0.39, 0.29) is 17.8 Å². The lowest BCUT2D eigenvalue weighted by Gasteiger charge is -2.17. The normalized spacial score (nSPS) is 23.7. The van der Waals surface area contributed by atoms with E-state index in [1.54, 1.807) is 0 Å². The molecule has 0 saturated carbocycles. The van der Waals surface area contributed by atoms with Crippen molar-refractivity contribution in [3.8, 4) is 0 Å². The topological polar surface area (TPSA) is 38.3 Å². The smallest absolute Gasteiger partial charge is 0.310 e. The van der Waals surface area contributed by atoms with Crippen LogP contribution < -0.4 is 5.32 Å². The summed E-state index contributed by atoms with van der Waals surface area (Å²) >= 11 is 6.94. The molecule has 3 nitrogen and oxygen atoms in total. The summed E-state index contributed by atoms with van der Waals surface area (Å²) in [6, 6.07) is 6.09. The number of carbonyl (C=O) groups excluding carboxylic acids is 1. The van der Waals surface area contributed by atoms with Crippen LogP contribution in [-0.4, -0.2) is 26.2 Å². The molecule has 1 saturated heterocycles. The monoisotopic (exact) mass is 361 g/mol. The highest BCUT2D eigenvalue weighted by atomic mass is 79.9. The van der Waals surface area contributed by atoms with Crippen LogP contribution in [0, 0.1) is 5.92 Å². The van der Waals surface area contributed by atoms with Crippen molar-refractivity contribution in [1.82, 2.24) is 5.32 Å². The average molecular weight is 363 g/mol. The van der Waals surface area contributed by atoms with Crippen LogP contribution in [0.5, 0.6) is 0 Å². The molecule has 92 valence electrons. The molecule has 5 heteroatoms. The first-order valence-electron chi connectivity index (χ1n) is 5.36. The maximum Gasteiger partial charge on any atom is 0.310 e. The summed E-state index contributed by atoms with van der Waals surface area (Å²) in [5.41, 5.74) is 1.15. The van der Waals surface area contributed by atoms with Crippen molar-refractivity contribution in [3.05, 3.63) is 32.7 Å². The molecule has 1 N–H and O–H groups in total. The van der Waals surface area contributed by atoms with Crippen molar-refractivity contribution < 1.29 is 9.53 Å². The molecule has 0 radical (unpaired) electrons. The minimum atomic E-state index is -0.143. The predicted octanol–water partition coefficient (Wildman–Crippen LogP) is 2.69. The Kier molecular flexibility index (Phi) is 4.22. The van der Waals surface area contributed by atoms with E-state index in [4.69, 9.17) is 4.74 Å². The number of benzene rings is 1. The molecule has 2 rings (SSSR count). The van der Waals surface area contributed by atoms with Crippen molar-refractivity contribution in [2.24, 2.45) is 5.92 Å². The van der Waals surface area contributed by atoms with E-state index in [1.807, 2.05) is 6.07 Å². The second-order valence-electron chi connectivity index (χ2n) is 4.10. The Hall–Kier alpha value is -0.390. The molecule has 1 aromatic rings. The van der Waals surface area contributed by atoms with Crippen LogP contribution in [0.1, 0.15) is 11.5 Å². The first-order valence-corrected chi connectivity index (χ1v) is 6.95. The van der Waals surface area contributed by atoms with Gasteiger partial charge in [-0.15, -0.1) is 0 Å². The predicted molar refractivity (Wildman–Crippen MR) is 73.0 cm³/mol. The molecule has 0 spiro atoms. The van der Waals surface area contributed by atoms with E-state index in [0.29, 0.717) is 6.54 Å². The highest BCUT2D eigenvalue weighted by molar-refractivity contribution is 9.11. The summed E-state index contributed by atoms with van der Waals surface area (Å²) in [6.07, 6.45) is 0. The van der Waals surface area contributed by atoms with Gasteiger partial charge in [0.05, 0.1) is 13.0 Å². The molecule has 1 aromatic carbocycles. The number of esters is 1. The molecule has 0 aromatic heterocycles. The van der Waals surface area contributed by atoms with Gasteiger partial charge in [0.15, 0.2) is 0 Å². The van der Waals surface area contributed by atoms with Crippen LogP contribution in [0.25, 0.3) is 0 Å². The number of hydrogen-bond acceptors (Lipinski definition) is 3. The fraction of sp³-hybridized carbons (Fsp3) is 0.417. The summed E-state index contributed by atoms with van der Waals surface area (Å²) < 4.78 is 6.87. The van der Waals surface area contributed by atoms with E-state index >= 15 is 0 Å². The maximum atomic E-state index is 11.7. The fourth-order valence-corrected chi connectivity index (χ4v) is 3.55. The Balaban J connectivity index is 2.28. The average Bonchev–Trinajstić information content (AvgIpc) is 2.75. The first-order chi connectivity index (χ1) is 8.11. The molecule has 1 aliphatic heterocycles. The second-order valence-corrected chi connectivity index (χ2v) is 5.93. The summed E-state index contributed by atoms with van der Waals surface area (Å²) in [5.74, 6) is -0.0615. The maximum absolute atomic E-state index is 11.7. The molecule has 1 heterocycles. The number of nitrogens with one attached hydrogen (secondary N) is 1. The molecular weight excluding hydrogens is 350 g/mol. The highest BCUT2D eigenvalue weighted by Crippen LogP contribution is 2.32. The van der Waals surface area contributed by atoms with Crippen LogP contribution in [-0.2, 0) is 9.53 Å². The Morgan fingerprint density at radius 1 is 1.29 bits per heavy atom. The fourth-order valence-electron chi connectivity index (χ4n) is 2.22. The van der Waals surface area contributed by atoms with Gasteiger partial charge < -0.3 is 10.1 Å². The number of carbonyl (C=O) groups is 1. The summed E-state index contributed by atoms with van der Waals surface area (Å²) in [5, 5.41) is 3.24. The third kappa shape index (κ3) is 2.89.